The SMILES string of the molecule is CC.CNc1cnc2cccnc2c1. The number of rotatable bonds is 1. The van der Waals surface area contributed by atoms with E-state index in [1.165, 1.54) is 0 Å². The van der Waals surface area contributed by atoms with Crippen molar-refractivity contribution >= 4 is 16.7 Å². The van der Waals surface area contributed by atoms with E-state index in [0.29, 0.717) is 0 Å². The van der Waals surface area contributed by atoms with E-state index in [9.17, 15) is 0 Å². The molecule has 0 aliphatic carbocycles. The van der Waals surface area contributed by atoms with Gasteiger partial charge in [-0.05, 0) is 18.2 Å². The van der Waals surface area contributed by atoms with Crippen LogP contribution in [0.25, 0.3) is 11.0 Å². The summed E-state index contributed by atoms with van der Waals surface area (Å²) in [5.41, 5.74) is 2.84. The quantitative estimate of drug-likeness (QED) is 0.749. The molecule has 0 aliphatic heterocycles. The smallest absolute Gasteiger partial charge is 0.0907 e. The Labute approximate surface area is 84.2 Å². The molecule has 2 heterocycles. The maximum absolute atomic E-state index is 4.23. The van der Waals surface area contributed by atoms with E-state index in [0.717, 1.165) is 16.7 Å². The van der Waals surface area contributed by atoms with Gasteiger partial charge in [0.25, 0.3) is 0 Å². The topological polar surface area (TPSA) is 37.8 Å². The van der Waals surface area contributed by atoms with Crippen molar-refractivity contribution in [3.63, 3.8) is 0 Å². The van der Waals surface area contributed by atoms with E-state index >= 15 is 0 Å². The van der Waals surface area contributed by atoms with E-state index in [1.807, 2.05) is 39.1 Å². The summed E-state index contributed by atoms with van der Waals surface area (Å²) in [6.45, 7) is 4.00. The Morgan fingerprint density at radius 1 is 1.14 bits per heavy atom. The Balaban J connectivity index is 0.000000461. The Bertz CT molecular complexity index is 398. The molecule has 0 fully saturated rings. The molecule has 0 aliphatic rings. The fourth-order valence-electron chi connectivity index (χ4n) is 1.09. The summed E-state index contributed by atoms with van der Waals surface area (Å²) < 4.78 is 0. The van der Waals surface area contributed by atoms with Crippen LogP contribution in [-0.4, -0.2) is 17.0 Å². The Kier molecular flexibility index (Phi) is 3.85. The lowest BCUT2D eigenvalue weighted by Gasteiger charge is -1.99. The van der Waals surface area contributed by atoms with Crippen LogP contribution in [-0.2, 0) is 0 Å². The molecule has 0 saturated carbocycles. The third kappa shape index (κ3) is 2.19. The van der Waals surface area contributed by atoms with Crippen molar-refractivity contribution in [1.82, 2.24) is 9.97 Å². The van der Waals surface area contributed by atoms with Gasteiger partial charge in [0.05, 0.1) is 22.9 Å². The standard InChI is InChI=1S/C9H9N3.C2H6/c1-10-7-5-9-8(12-6-7)3-2-4-11-9;1-2/h2-6,10H,1H3;1-2H3. The lowest BCUT2D eigenvalue weighted by Crippen LogP contribution is -1.90. The number of aromatic nitrogens is 2. The summed E-state index contributed by atoms with van der Waals surface area (Å²) in [5, 5.41) is 3.02. The first-order valence-corrected chi connectivity index (χ1v) is 4.78. The molecule has 0 radical (unpaired) electrons. The number of hydrogen-bond acceptors (Lipinski definition) is 3. The largest absolute Gasteiger partial charge is 0.387 e. The van der Waals surface area contributed by atoms with Crippen molar-refractivity contribution < 1.29 is 0 Å². The average molecular weight is 189 g/mol. The second kappa shape index (κ2) is 5.17. The van der Waals surface area contributed by atoms with Crippen LogP contribution in [0.15, 0.2) is 30.6 Å². The monoisotopic (exact) mass is 189 g/mol. The van der Waals surface area contributed by atoms with Gasteiger partial charge in [0.1, 0.15) is 0 Å². The van der Waals surface area contributed by atoms with E-state index in [4.69, 9.17) is 0 Å². The van der Waals surface area contributed by atoms with Gasteiger partial charge in [-0.25, -0.2) is 0 Å². The zero-order chi connectivity index (χ0) is 10.4. The number of pyridine rings is 2. The molecule has 0 bridgehead atoms. The van der Waals surface area contributed by atoms with E-state index < -0.39 is 0 Å². The van der Waals surface area contributed by atoms with Gasteiger partial charge in [-0.2, -0.15) is 0 Å². The molecule has 2 aromatic heterocycles. The van der Waals surface area contributed by atoms with Crippen LogP contribution in [0.4, 0.5) is 5.69 Å². The maximum Gasteiger partial charge on any atom is 0.0907 e. The first-order valence-electron chi connectivity index (χ1n) is 4.78. The summed E-state index contributed by atoms with van der Waals surface area (Å²) in [4.78, 5) is 8.41. The Hall–Kier alpha value is -1.64. The molecule has 3 heteroatoms. The fourth-order valence-corrected chi connectivity index (χ4v) is 1.09. The third-order valence-corrected chi connectivity index (χ3v) is 1.74. The first-order chi connectivity index (χ1) is 6.90. The van der Waals surface area contributed by atoms with Crippen molar-refractivity contribution in [1.29, 1.82) is 0 Å². The summed E-state index contributed by atoms with van der Waals surface area (Å²) in [6.07, 6.45) is 3.56. The van der Waals surface area contributed by atoms with Crippen LogP contribution < -0.4 is 5.32 Å². The number of hydrogen-bond donors (Lipinski definition) is 1. The van der Waals surface area contributed by atoms with Crippen molar-refractivity contribution in [3.05, 3.63) is 30.6 Å². The molecule has 1 N–H and O–H groups in total. The zero-order valence-corrected chi connectivity index (χ0v) is 8.78. The van der Waals surface area contributed by atoms with Crippen molar-refractivity contribution in [2.45, 2.75) is 13.8 Å². The van der Waals surface area contributed by atoms with Crippen LogP contribution >= 0.6 is 0 Å². The minimum Gasteiger partial charge on any atom is -0.387 e. The Morgan fingerprint density at radius 3 is 2.64 bits per heavy atom. The van der Waals surface area contributed by atoms with Crippen LogP contribution in [0.3, 0.4) is 0 Å². The molecule has 3 nitrogen and oxygen atoms in total. The van der Waals surface area contributed by atoms with Gasteiger partial charge in [-0.3, -0.25) is 9.97 Å². The van der Waals surface area contributed by atoms with Gasteiger partial charge in [0.2, 0.25) is 0 Å². The minimum atomic E-state index is 0.921. The molecule has 0 atom stereocenters. The molecule has 0 unspecified atom stereocenters. The highest BCUT2D eigenvalue weighted by atomic mass is 14.9. The number of anilines is 1. The van der Waals surface area contributed by atoms with Crippen LogP contribution in [0.1, 0.15) is 13.8 Å². The molecule has 0 amide bonds. The molecule has 2 rings (SSSR count). The van der Waals surface area contributed by atoms with Gasteiger partial charge in [0, 0.05) is 13.2 Å². The second-order valence-electron chi connectivity index (χ2n) is 2.52. The first kappa shape index (κ1) is 10.4. The fraction of sp³-hybridized carbons (Fsp3) is 0.273. The summed E-state index contributed by atoms with van der Waals surface area (Å²) >= 11 is 0. The van der Waals surface area contributed by atoms with Gasteiger partial charge in [-0.15, -0.1) is 0 Å². The molecule has 2 aromatic rings. The zero-order valence-electron chi connectivity index (χ0n) is 8.78. The van der Waals surface area contributed by atoms with E-state index in [1.54, 1.807) is 12.4 Å². The van der Waals surface area contributed by atoms with Gasteiger partial charge in [0.15, 0.2) is 0 Å². The predicted molar refractivity (Wildman–Crippen MR) is 60.4 cm³/mol. The molecule has 74 valence electrons. The number of nitrogens with zero attached hydrogens (tertiary/aromatic N) is 2. The molecular weight excluding hydrogens is 174 g/mol. The summed E-state index contributed by atoms with van der Waals surface area (Å²) in [5.74, 6) is 0. The summed E-state index contributed by atoms with van der Waals surface area (Å²) in [6, 6.07) is 5.80. The van der Waals surface area contributed by atoms with Crippen LogP contribution in [0.2, 0.25) is 0 Å². The third-order valence-electron chi connectivity index (χ3n) is 1.74. The van der Waals surface area contributed by atoms with Crippen LogP contribution in [0, 0.1) is 0 Å². The second-order valence-corrected chi connectivity index (χ2v) is 2.52. The van der Waals surface area contributed by atoms with Crippen molar-refractivity contribution in [2.75, 3.05) is 12.4 Å². The van der Waals surface area contributed by atoms with Crippen molar-refractivity contribution in [3.8, 4) is 0 Å². The number of nitrogens with one attached hydrogen (secondary N) is 1. The molecule has 14 heavy (non-hydrogen) atoms. The molecular formula is C11H15N3. The lowest BCUT2D eigenvalue weighted by atomic mass is 10.3. The van der Waals surface area contributed by atoms with Gasteiger partial charge >= 0.3 is 0 Å². The summed E-state index contributed by atoms with van der Waals surface area (Å²) in [7, 11) is 1.87. The van der Waals surface area contributed by atoms with Crippen molar-refractivity contribution in [2.24, 2.45) is 0 Å². The highest BCUT2D eigenvalue weighted by molar-refractivity contribution is 5.76. The Morgan fingerprint density at radius 2 is 1.93 bits per heavy atom. The predicted octanol–water partition coefficient (Wildman–Crippen LogP) is 2.70. The van der Waals surface area contributed by atoms with Crippen LogP contribution in [0.5, 0.6) is 0 Å². The molecule has 0 aromatic carbocycles. The lowest BCUT2D eigenvalue weighted by molar-refractivity contribution is 1.32. The van der Waals surface area contributed by atoms with E-state index in [2.05, 4.69) is 15.3 Å². The highest BCUT2D eigenvalue weighted by Gasteiger charge is 1.94. The minimum absolute atomic E-state index is 0.921. The van der Waals surface area contributed by atoms with Gasteiger partial charge < -0.3 is 5.32 Å². The maximum atomic E-state index is 4.23. The van der Waals surface area contributed by atoms with Gasteiger partial charge in [-0.1, -0.05) is 13.8 Å². The molecule has 0 saturated heterocycles. The normalized spacial score (nSPS) is 9.07. The average Bonchev–Trinajstić information content (AvgIpc) is 2.31. The highest BCUT2D eigenvalue weighted by Crippen LogP contribution is 2.12. The number of fused-ring (bicyclic) bond motifs is 1. The molecule has 0 spiro atoms. The van der Waals surface area contributed by atoms with E-state index in [-0.39, 0.29) is 0 Å².